The van der Waals surface area contributed by atoms with Gasteiger partial charge in [-0.25, -0.2) is 9.97 Å². The van der Waals surface area contributed by atoms with Gasteiger partial charge in [0.2, 0.25) is 0 Å². The lowest BCUT2D eigenvalue weighted by molar-refractivity contribution is 1.06. The minimum atomic E-state index is 0.860. The minimum absolute atomic E-state index is 0.860. The first kappa shape index (κ1) is 28.8. The molecule has 1 aliphatic rings. The molecular formula is C46H29N3S. The van der Waals surface area contributed by atoms with E-state index in [2.05, 4.69) is 149 Å². The molecule has 0 saturated carbocycles. The summed E-state index contributed by atoms with van der Waals surface area (Å²) < 4.78 is 2.16. The predicted molar refractivity (Wildman–Crippen MR) is 208 cm³/mol. The molecule has 0 bridgehead atoms. The number of fused-ring (bicyclic) bond motifs is 12. The number of pyridine rings is 2. The fraction of sp³-hybridized carbons (Fsp3) is 0. The van der Waals surface area contributed by atoms with E-state index in [0.717, 1.165) is 33.3 Å². The number of nitrogens with zero attached hydrogens (tertiary/aromatic N) is 3. The Bertz CT molecular complexity index is 2740. The summed E-state index contributed by atoms with van der Waals surface area (Å²) in [5.41, 5.74) is 14.2. The Labute approximate surface area is 294 Å². The van der Waals surface area contributed by atoms with Crippen LogP contribution in [0.4, 0.5) is 0 Å². The van der Waals surface area contributed by atoms with Crippen molar-refractivity contribution in [3.05, 3.63) is 176 Å². The molecule has 4 heterocycles. The molecule has 1 aliphatic heterocycles. The van der Waals surface area contributed by atoms with Gasteiger partial charge in [-0.2, -0.15) is 0 Å². The van der Waals surface area contributed by atoms with Crippen molar-refractivity contribution in [1.82, 2.24) is 14.5 Å². The Morgan fingerprint density at radius 2 is 0.920 bits per heavy atom. The third-order valence-electron chi connectivity index (χ3n) is 9.77. The first-order valence-electron chi connectivity index (χ1n) is 16.8. The van der Waals surface area contributed by atoms with Crippen LogP contribution in [0.25, 0.3) is 83.4 Å². The largest absolute Gasteiger partial charge is 0.278 e. The van der Waals surface area contributed by atoms with Crippen LogP contribution in [-0.2, 0) is 0 Å². The lowest BCUT2D eigenvalue weighted by Gasteiger charge is -2.18. The Balaban J connectivity index is 1.23. The number of hydrogen-bond donors (Lipinski definition) is 0. The van der Waals surface area contributed by atoms with Crippen LogP contribution in [0.1, 0.15) is 0 Å². The first-order valence-corrected chi connectivity index (χ1v) is 17.6. The number of hydrogen-bond acceptors (Lipinski definition) is 3. The van der Waals surface area contributed by atoms with Crippen molar-refractivity contribution in [2.75, 3.05) is 0 Å². The zero-order chi connectivity index (χ0) is 33.0. The molecule has 0 unspecified atom stereocenters. The maximum absolute atomic E-state index is 4.80. The molecule has 0 saturated heterocycles. The van der Waals surface area contributed by atoms with Crippen molar-refractivity contribution >= 4 is 33.7 Å². The van der Waals surface area contributed by atoms with Crippen LogP contribution in [0.5, 0.6) is 0 Å². The van der Waals surface area contributed by atoms with Gasteiger partial charge in [0.1, 0.15) is 11.5 Å². The van der Waals surface area contributed by atoms with Crippen LogP contribution in [0.15, 0.2) is 186 Å². The second kappa shape index (κ2) is 11.7. The second-order valence-corrected chi connectivity index (χ2v) is 13.7. The smallest absolute Gasteiger partial charge is 0.146 e. The zero-order valence-electron chi connectivity index (χ0n) is 27.0. The molecule has 10 rings (SSSR count). The Morgan fingerprint density at radius 3 is 1.60 bits per heavy atom. The van der Waals surface area contributed by atoms with Crippen LogP contribution in [0, 0.1) is 0 Å². The van der Waals surface area contributed by atoms with Crippen LogP contribution in [0.2, 0.25) is 0 Å². The van der Waals surface area contributed by atoms with Gasteiger partial charge in [0.05, 0.1) is 5.52 Å². The van der Waals surface area contributed by atoms with Crippen LogP contribution in [0.3, 0.4) is 0 Å². The monoisotopic (exact) mass is 655 g/mol. The van der Waals surface area contributed by atoms with E-state index in [1.54, 1.807) is 0 Å². The third kappa shape index (κ3) is 4.61. The standard InChI is InChI=1S/C46H29N3S/c1-2-14-34-32(12-1)33-13-3-4-15-35(33)37-16-5-7-19-43(37)50-44-20-8-6-17-38(44)40-28-30(22-24-36(34)40)31-23-25-42-41(29-31)39-18-11-27-48-46(39)49(42)45-21-9-10-26-47-45/h1-29H. The van der Waals surface area contributed by atoms with E-state index >= 15 is 0 Å². The number of rotatable bonds is 2. The van der Waals surface area contributed by atoms with Gasteiger partial charge in [-0.1, -0.05) is 121 Å². The van der Waals surface area contributed by atoms with Gasteiger partial charge >= 0.3 is 0 Å². The average Bonchev–Trinajstić information content (AvgIpc) is 3.51. The molecule has 0 fully saturated rings. The highest BCUT2D eigenvalue weighted by Gasteiger charge is 2.22. The second-order valence-electron chi connectivity index (χ2n) is 12.6. The van der Waals surface area contributed by atoms with E-state index in [0.29, 0.717) is 0 Å². The van der Waals surface area contributed by atoms with Crippen LogP contribution >= 0.6 is 11.8 Å². The Hall–Kier alpha value is -6.23. The highest BCUT2D eigenvalue weighted by atomic mass is 32.2. The molecule has 9 aromatic rings. The van der Waals surface area contributed by atoms with Gasteiger partial charge in [-0.15, -0.1) is 0 Å². The molecule has 234 valence electrons. The summed E-state index contributed by atoms with van der Waals surface area (Å²) in [5, 5.41) is 2.26. The van der Waals surface area contributed by atoms with Crippen molar-refractivity contribution in [2.45, 2.75) is 9.79 Å². The molecule has 4 heteroatoms. The average molecular weight is 656 g/mol. The molecule has 3 aromatic heterocycles. The molecule has 0 atom stereocenters. The van der Waals surface area contributed by atoms with Crippen molar-refractivity contribution in [3.63, 3.8) is 0 Å². The summed E-state index contributed by atoms with van der Waals surface area (Å²) in [6.07, 6.45) is 3.69. The molecule has 6 aromatic carbocycles. The Kier molecular flexibility index (Phi) is 6.74. The summed E-state index contributed by atoms with van der Waals surface area (Å²) in [4.78, 5) is 11.9. The molecule has 50 heavy (non-hydrogen) atoms. The summed E-state index contributed by atoms with van der Waals surface area (Å²) in [6, 6.07) is 59.2. The van der Waals surface area contributed by atoms with Gasteiger partial charge in [-0.05, 0) is 110 Å². The topological polar surface area (TPSA) is 30.7 Å². The molecule has 3 nitrogen and oxygen atoms in total. The predicted octanol–water partition coefficient (Wildman–Crippen LogP) is 12.4. The highest BCUT2D eigenvalue weighted by molar-refractivity contribution is 7.99. The van der Waals surface area contributed by atoms with Crippen molar-refractivity contribution in [2.24, 2.45) is 0 Å². The van der Waals surface area contributed by atoms with Crippen molar-refractivity contribution < 1.29 is 0 Å². The molecule has 0 amide bonds. The lowest BCUT2D eigenvalue weighted by Crippen LogP contribution is -1.97. The summed E-state index contributed by atoms with van der Waals surface area (Å²) in [6.45, 7) is 0. The van der Waals surface area contributed by atoms with E-state index in [1.807, 2.05) is 48.4 Å². The van der Waals surface area contributed by atoms with Crippen molar-refractivity contribution in [3.8, 4) is 61.5 Å². The summed E-state index contributed by atoms with van der Waals surface area (Å²) in [5.74, 6) is 0.860. The highest BCUT2D eigenvalue weighted by Crippen LogP contribution is 2.49. The molecular weight excluding hydrogens is 627 g/mol. The van der Waals surface area contributed by atoms with E-state index < -0.39 is 0 Å². The van der Waals surface area contributed by atoms with E-state index in [1.165, 1.54) is 59.9 Å². The van der Waals surface area contributed by atoms with E-state index in [4.69, 9.17) is 4.98 Å². The minimum Gasteiger partial charge on any atom is -0.278 e. The summed E-state index contributed by atoms with van der Waals surface area (Å²) >= 11 is 1.84. The zero-order valence-corrected chi connectivity index (χ0v) is 27.8. The van der Waals surface area contributed by atoms with Crippen LogP contribution in [-0.4, -0.2) is 14.5 Å². The SMILES string of the molecule is c1ccc(-n2c3ccc(-c4ccc5c(c4)-c4ccccc4Sc4ccccc4-c4ccccc4-c4ccccc4-5)cc3c3cccnc32)nc1. The maximum atomic E-state index is 4.80. The van der Waals surface area contributed by atoms with Gasteiger partial charge in [-0.3, -0.25) is 4.57 Å². The normalized spacial score (nSPS) is 11.9. The molecule has 0 N–H and O–H groups in total. The molecule has 0 spiro atoms. The van der Waals surface area contributed by atoms with Gasteiger partial charge in [0, 0.05) is 33.0 Å². The van der Waals surface area contributed by atoms with Gasteiger partial charge in [0.25, 0.3) is 0 Å². The molecule has 0 aliphatic carbocycles. The number of aromatic nitrogens is 3. The summed E-state index contributed by atoms with van der Waals surface area (Å²) in [7, 11) is 0. The number of benzene rings is 6. The molecule has 0 radical (unpaired) electrons. The quantitative estimate of drug-likeness (QED) is 0.186. The van der Waals surface area contributed by atoms with E-state index in [-0.39, 0.29) is 0 Å². The Morgan fingerprint density at radius 1 is 0.380 bits per heavy atom. The van der Waals surface area contributed by atoms with Gasteiger partial charge < -0.3 is 0 Å². The fourth-order valence-electron chi connectivity index (χ4n) is 7.51. The fourth-order valence-corrected chi connectivity index (χ4v) is 8.61. The van der Waals surface area contributed by atoms with E-state index in [9.17, 15) is 0 Å². The lowest BCUT2D eigenvalue weighted by atomic mass is 9.85. The van der Waals surface area contributed by atoms with Crippen molar-refractivity contribution in [1.29, 1.82) is 0 Å². The first-order chi connectivity index (χ1) is 24.8. The van der Waals surface area contributed by atoms with Gasteiger partial charge in [0.15, 0.2) is 0 Å². The third-order valence-corrected chi connectivity index (χ3v) is 10.9. The maximum Gasteiger partial charge on any atom is 0.146 e. The van der Waals surface area contributed by atoms with Crippen LogP contribution < -0.4 is 0 Å².